The second kappa shape index (κ2) is 9.79. The van der Waals surface area contributed by atoms with E-state index in [9.17, 15) is 14.0 Å². The van der Waals surface area contributed by atoms with Gasteiger partial charge < -0.3 is 9.64 Å². The van der Waals surface area contributed by atoms with Gasteiger partial charge in [0.2, 0.25) is 5.91 Å². The minimum absolute atomic E-state index is 0.127. The van der Waals surface area contributed by atoms with Gasteiger partial charge in [0.25, 0.3) is 5.91 Å². The first-order valence-corrected chi connectivity index (χ1v) is 11.2. The molecule has 2 aromatic carbocycles. The first-order chi connectivity index (χ1) is 15.4. The van der Waals surface area contributed by atoms with Crippen molar-refractivity contribution < 1.29 is 18.7 Å². The van der Waals surface area contributed by atoms with Gasteiger partial charge in [-0.15, -0.1) is 0 Å². The molecule has 2 aliphatic rings. The van der Waals surface area contributed by atoms with Gasteiger partial charge in [-0.1, -0.05) is 15.9 Å². The van der Waals surface area contributed by atoms with E-state index < -0.39 is 0 Å². The zero-order chi connectivity index (χ0) is 22.7. The van der Waals surface area contributed by atoms with E-state index in [4.69, 9.17) is 4.74 Å². The molecule has 1 saturated heterocycles. The van der Waals surface area contributed by atoms with Crippen molar-refractivity contribution in [1.29, 1.82) is 0 Å². The maximum absolute atomic E-state index is 13.6. The molecule has 0 radical (unpaired) electrons. The van der Waals surface area contributed by atoms with Crippen LogP contribution in [0.1, 0.15) is 18.4 Å². The smallest absolute Gasteiger partial charge is 0.270 e. The molecule has 0 atom stereocenters. The average Bonchev–Trinajstić information content (AvgIpc) is 2.80. The van der Waals surface area contributed by atoms with Crippen LogP contribution in [0.3, 0.4) is 0 Å². The zero-order valence-corrected chi connectivity index (χ0v) is 19.3. The number of halogens is 2. The Kier molecular flexibility index (Phi) is 6.86. The molecule has 0 aromatic heterocycles. The fraction of sp³-hybridized carbons (Fsp3) is 0.348. The highest BCUT2D eigenvalue weighted by Gasteiger charge is 2.30. The van der Waals surface area contributed by atoms with Crippen molar-refractivity contribution in [2.45, 2.75) is 19.4 Å². The van der Waals surface area contributed by atoms with Gasteiger partial charge in [0.1, 0.15) is 17.3 Å². The van der Waals surface area contributed by atoms with Crippen LogP contribution in [-0.4, -0.2) is 60.6 Å². The predicted octanol–water partition coefficient (Wildman–Crippen LogP) is 3.42. The number of rotatable bonds is 5. The monoisotopic (exact) mass is 502 g/mol. The van der Waals surface area contributed by atoms with Crippen LogP contribution in [0.5, 0.6) is 5.75 Å². The molecule has 0 saturated carbocycles. The second-order valence-corrected chi connectivity index (χ2v) is 8.67. The summed E-state index contributed by atoms with van der Waals surface area (Å²) in [6.45, 7) is 2.96. The van der Waals surface area contributed by atoms with Gasteiger partial charge in [0, 0.05) is 55.6 Å². The van der Waals surface area contributed by atoms with E-state index in [2.05, 4.69) is 25.9 Å². The highest BCUT2D eigenvalue weighted by atomic mass is 79.9. The first-order valence-electron chi connectivity index (χ1n) is 10.4. The fourth-order valence-electron chi connectivity index (χ4n) is 3.89. The summed E-state index contributed by atoms with van der Waals surface area (Å²) in [6.07, 6.45) is 0.589. The Morgan fingerprint density at radius 2 is 1.81 bits per heavy atom. The number of hydrazone groups is 1. The van der Waals surface area contributed by atoms with E-state index in [1.54, 1.807) is 30.2 Å². The van der Waals surface area contributed by atoms with Crippen LogP contribution in [0.2, 0.25) is 0 Å². The van der Waals surface area contributed by atoms with Crippen LogP contribution in [-0.2, 0) is 16.1 Å². The number of piperazine rings is 1. The summed E-state index contributed by atoms with van der Waals surface area (Å²) in [7, 11) is 1.57. The van der Waals surface area contributed by atoms with Gasteiger partial charge in [-0.25, -0.2) is 9.40 Å². The van der Waals surface area contributed by atoms with Crippen molar-refractivity contribution in [2.24, 2.45) is 5.10 Å². The van der Waals surface area contributed by atoms with Gasteiger partial charge >= 0.3 is 0 Å². The zero-order valence-electron chi connectivity index (χ0n) is 17.8. The van der Waals surface area contributed by atoms with Crippen molar-refractivity contribution in [3.05, 3.63) is 58.3 Å². The number of carbonyl (C=O) groups excluding carboxylic acids is 2. The lowest BCUT2D eigenvalue weighted by Crippen LogP contribution is -2.51. The van der Waals surface area contributed by atoms with Crippen LogP contribution in [0.4, 0.5) is 10.1 Å². The molecule has 7 nitrogen and oxygen atoms in total. The van der Waals surface area contributed by atoms with Gasteiger partial charge in [-0.05, 0) is 42.5 Å². The summed E-state index contributed by atoms with van der Waals surface area (Å²) < 4.78 is 19.9. The lowest BCUT2D eigenvalue weighted by atomic mass is 10.1. The van der Waals surface area contributed by atoms with Crippen LogP contribution in [0.25, 0.3) is 0 Å². The molecule has 2 aromatic rings. The van der Waals surface area contributed by atoms with Gasteiger partial charge in [-0.3, -0.25) is 14.5 Å². The van der Waals surface area contributed by atoms with Crippen molar-refractivity contribution in [1.82, 2.24) is 9.80 Å². The highest BCUT2D eigenvalue weighted by Crippen LogP contribution is 2.24. The lowest BCUT2D eigenvalue weighted by Gasteiger charge is -2.35. The minimum atomic E-state index is -0.296. The Hall–Kier alpha value is -2.78. The average molecular weight is 503 g/mol. The summed E-state index contributed by atoms with van der Waals surface area (Å²) in [6, 6.07) is 11.7. The number of hydrogen-bond acceptors (Lipinski definition) is 5. The van der Waals surface area contributed by atoms with Crippen LogP contribution in [0, 0.1) is 5.82 Å². The molecular formula is C23H24BrFN4O3. The summed E-state index contributed by atoms with van der Waals surface area (Å²) >= 11 is 3.38. The molecule has 168 valence electrons. The lowest BCUT2D eigenvalue weighted by molar-refractivity contribution is -0.126. The molecule has 1 fully saturated rings. The maximum Gasteiger partial charge on any atom is 0.270 e. The van der Waals surface area contributed by atoms with Crippen molar-refractivity contribution in [3.8, 4) is 5.75 Å². The topological polar surface area (TPSA) is 65.5 Å². The number of nitrogens with zero attached hydrogens (tertiary/aromatic N) is 4. The predicted molar refractivity (Wildman–Crippen MR) is 123 cm³/mol. The molecule has 2 aliphatic heterocycles. The van der Waals surface area contributed by atoms with Gasteiger partial charge in [0.05, 0.1) is 12.8 Å². The van der Waals surface area contributed by atoms with E-state index in [0.717, 1.165) is 10.0 Å². The summed E-state index contributed by atoms with van der Waals surface area (Å²) in [5, 5.41) is 5.69. The Balaban J connectivity index is 1.40. The van der Waals surface area contributed by atoms with Crippen molar-refractivity contribution in [2.75, 3.05) is 38.3 Å². The third-order valence-corrected chi connectivity index (χ3v) is 6.18. The molecule has 0 bridgehead atoms. The Labute approximate surface area is 194 Å². The van der Waals surface area contributed by atoms with E-state index >= 15 is 0 Å². The third kappa shape index (κ3) is 4.99. The van der Waals surface area contributed by atoms with Crippen LogP contribution in [0.15, 0.2) is 52.0 Å². The quantitative estimate of drug-likeness (QED) is 0.628. The van der Waals surface area contributed by atoms with E-state index in [1.165, 1.54) is 17.1 Å². The van der Waals surface area contributed by atoms with Gasteiger partial charge in [0.15, 0.2) is 0 Å². The number of anilines is 1. The molecule has 0 spiro atoms. The second-order valence-electron chi connectivity index (χ2n) is 7.75. The standard InChI is InChI=1S/C23H24BrFN4O3/c1-32-21-8-4-18(25)14-16(21)15-27-10-12-28(13-11-27)23(31)20-7-9-22(30)29(26-20)19-5-2-17(24)3-6-19/h2-6,8,14H,7,9-13,15H2,1H3. The molecule has 2 amide bonds. The van der Waals surface area contributed by atoms with Crippen LogP contribution < -0.4 is 9.75 Å². The molecule has 4 rings (SSSR count). The SMILES string of the molecule is COc1ccc(F)cc1CN1CCN(C(=O)C2=NN(c3ccc(Br)cc3)C(=O)CC2)CC1. The molecule has 32 heavy (non-hydrogen) atoms. The Morgan fingerprint density at radius 1 is 1.09 bits per heavy atom. The maximum atomic E-state index is 13.6. The molecule has 0 N–H and O–H groups in total. The van der Waals surface area contributed by atoms with E-state index in [1.807, 2.05) is 12.1 Å². The van der Waals surface area contributed by atoms with E-state index in [-0.39, 0.29) is 24.1 Å². The van der Waals surface area contributed by atoms with Crippen molar-refractivity contribution >= 4 is 39.1 Å². The number of carbonyl (C=O) groups is 2. The first kappa shape index (κ1) is 22.4. The minimum Gasteiger partial charge on any atom is -0.496 e. The Bertz CT molecular complexity index is 1040. The van der Waals surface area contributed by atoms with E-state index in [0.29, 0.717) is 56.3 Å². The normalized spacial score (nSPS) is 17.3. The molecule has 0 aliphatic carbocycles. The largest absolute Gasteiger partial charge is 0.496 e. The number of ether oxygens (including phenoxy) is 1. The molecular weight excluding hydrogens is 479 g/mol. The summed E-state index contributed by atoms with van der Waals surface area (Å²) in [4.78, 5) is 29.4. The summed E-state index contributed by atoms with van der Waals surface area (Å²) in [5.41, 5.74) is 1.82. The Morgan fingerprint density at radius 3 is 2.50 bits per heavy atom. The van der Waals surface area contributed by atoms with Crippen molar-refractivity contribution in [3.63, 3.8) is 0 Å². The number of amides is 2. The fourth-order valence-corrected chi connectivity index (χ4v) is 4.16. The van der Waals surface area contributed by atoms with Gasteiger partial charge in [-0.2, -0.15) is 5.10 Å². The molecule has 9 heteroatoms. The third-order valence-electron chi connectivity index (χ3n) is 5.65. The number of benzene rings is 2. The number of hydrogen-bond donors (Lipinski definition) is 0. The number of methoxy groups -OCH3 is 1. The molecule has 2 heterocycles. The molecule has 0 unspecified atom stereocenters. The highest BCUT2D eigenvalue weighted by molar-refractivity contribution is 9.10. The summed E-state index contributed by atoms with van der Waals surface area (Å²) in [5.74, 6) is 0.0919. The van der Waals surface area contributed by atoms with Crippen LogP contribution >= 0.6 is 15.9 Å².